The lowest BCUT2D eigenvalue weighted by atomic mass is 9.87. The minimum absolute atomic E-state index is 0.00662. The quantitative estimate of drug-likeness (QED) is 0.245. The predicted octanol–water partition coefficient (Wildman–Crippen LogP) is 2.23. The van der Waals surface area contributed by atoms with E-state index in [1.807, 2.05) is 18.2 Å². The summed E-state index contributed by atoms with van der Waals surface area (Å²) in [7, 11) is 1.46. The van der Waals surface area contributed by atoms with E-state index in [2.05, 4.69) is 0 Å². The van der Waals surface area contributed by atoms with Crippen molar-refractivity contribution < 1.29 is 49.3 Å². The van der Waals surface area contributed by atoms with Crippen LogP contribution in [0.3, 0.4) is 0 Å². The summed E-state index contributed by atoms with van der Waals surface area (Å²) in [6.07, 6.45) is -4.01. The third kappa shape index (κ3) is 5.21. The Hall–Kier alpha value is -3.74. The number of hydrogen-bond donors (Lipinski definition) is 5. The van der Waals surface area contributed by atoms with Gasteiger partial charge in [-0.15, -0.1) is 0 Å². The molecule has 6 rings (SSSR count). The van der Waals surface area contributed by atoms with Gasteiger partial charge in [0.05, 0.1) is 31.2 Å². The number of benzene rings is 3. The lowest BCUT2D eigenvalue weighted by molar-refractivity contribution is -0.277. The van der Waals surface area contributed by atoms with E-state index >= 15 is 0 Å². The Morgan fingerprint density at radius 1 is 1.05 bits per heavy atom. The van der Waals surface area contributed by atoms with Crippen molar-refractivity contribution in [1.29, 1.82) is 0 Å². The number of carbonyl (C=O) groups excluding carboxylic acids is 2. The summed E-state index contributed by atoms with van der Waals surface area (Å²) in [5.74, 6) is -0.617. The normalized spacial score (nSPS) is 25.7. The maximum Gasteiger partial charge on any atom is 0.254 e. The maximum atomic E-state index is 14.0. The average Bonchev–Trinajstić information content (AvgIpc) is 3.65. The van der Waals surface area contributed by atoms with Crippen LogP contribution in [0.5, 0.6) is 17.2 Å². The summed E-state index contributed by atoms with van der Waals surface area (Å²) in [6, 6.07) is 12.2. The molecule has 1 amide bonds. The summed E-state index contributed by atoms with van der Waals surface area (Å²) in [5.41, 5.74) is 2.17. The van der Waals surface area contributed by atoms with Gasteiger partial charge in [0, 0.05) is 18.2 Å². The summed E-state index contributed by atoms with van der Waals surface area (Å²) < 4.78 is 17.0. The number of ketones is 1. The van der Waals surface area contributed by atoms with E-state index in [1.54, 1.807) is 18.2 Å². The van der Waals surface area contributed by atoms with Crippen LogP contribution in [-0.4, -0.2) is 93.1 Å². The summed E-state index contributed by atoms with van der Waals surface area (Å²) in [4.78, 5) is 28.5. The molecule has 3 aliphatic rings. The number of Topliss-reactive ketones (excluding diaryl/α,β-unsaturated/α-hetero) is 1. The number of rotatable bonds is 8. The summed E-state index contributed by atoms with van der Waals surface area (Å²) in [6.45, 7) is -0.584. The van der Waals surface area contributed by atoms with Crippen molar-refractivity contribution in [3.8, 4) is 17.2 Å². The van der Waals surface area contributed by atoms with Crippen LogP contribution in [0.15, 0.2) is 42.5 Å². The molecule has 3 aromatic carbocycles. The maximum absolute atomic E-state index is 14.0. The van der Waals surface area contributed by atoms with Crippen LogP contribution in [0.25, 0.3) is 10.8 Å². The Bertz CT molecular complexity index is 1550. The molecule has 0 spiro atoms. The number of hydrogen-bond acceptors (Lipinski definition) is 10. The van der Waals surface area contributed by atoms with Crippen molar-refractivity contribution in [2.75, 3.05) is 20.3 Å². The fraction of sp³-hybridized carbons (Fsp3) is 0.438. The molecule has 0 bridgehead atoms. The predicted molar refractivity (Wildman–Crippen MR) is 153 cm³/mol. The second-order valence-corrected chi connectivity index (χ2v) is 11.5. The van der Waals surface area contributed by atoms with E-state index in [1.165, 1.54) is 18.1 Å². The summed E-state index contributed by atoms with van der Waals surface area (Å²) >= 11 is 0. The number of aromatic hydroxyl groups is 1. The molecule has 5 N–H and O–H groups in total. The number of fused-ring (bicyclic) bond motifs is 2. The number of phenols is 1. The second kappa shape index (κ2) is 11.7. The Morgan fingerprint density at radius 2 is 1.79 bits per heavy atom. The first-order valence-electron chi connectivity index (χ1n) is 14.5. The van der Waals surface area contributed by atoms with Crippen LogP contribution in [0, 0.1) is 0 Å². The zero-order valence-electron chi connectivity index (χ0n) is 23.7. The first kappa shape index (κ1) is 29.3. The molecule has 1 saturated carbocycles. The van der Waals surface area contributed by atoms with Crippen molar-refractivity contribution in [2.24, 2.45) is 0 Å². The Balaban J connectivity index is 1.43. The van der Waals surface area contributed by atoms with Crippen molar-refractivity contribution in [3.63, 3.8) is 0 Å². The van der Waals surface area contributed by atoms with Gasteiger partial charge >= 0.3 is 0 Å². The average molecular weight is 594 g/mol. The number of nitrogens with zero attached hydrogens (tertiary/aromatic N) is 1. The molecule has 11 nitrogen and oxygen atoms in total. The number of aliphatic hydroxyl groups excluding tert-OH is 4. The Morgan fingerprint density at radius 3 is 2.49 bits per heavy atom. The lowest BCUT2D eigenvalue weighted by Gasteiger charge is -2.39. The van der Waals surface area contributed by atoms with E-state index < -0.39 is 43.1 Å². The number of ether oxygens (including phenoxy) is 3. The number of methoxy groups -OCH3 is 1. The number of carbonyl (C=O) groups is 2. The molecular formula is C32H35NO10. The van der Waals surface area contributed by atoms with Crippen LogP contribution < -0.4 is 9.47 Å². The van der Waals surface area contributed by atoms with E-state index in [9.17, 15) is 35.1 Å². The molecule has 43 heavy (non-hydrogen) atoms. The molecule has 3 aromatic rings. The van der Waals surface area contributed by atoms with Crippen molar-refractivity contribution in [3.05, 3.63) is 64.7 Å². The van der Waals surface area contributed by atoms with Gasteiger partial charge in [-0.3, -0.25) is 9.59 Å². The van der Waals surface area contributed by atoms with Crippen molar-refractivity contribution in [1.82, 2.24) is 4.90 Å². The molecule has 2 fully saturated rings. The molecule has 0 aromatic heterocycles. The zero-order chi connectivity index (χ0) is 30.4. The van der Waals surface area contributed by atoms with E-state index in [4.69, 9.17) is 14.2 Å². The number of phenolic OH excluding ortho intramolecular Hbond substituents is 1. The molecule has 0 radical (unpaired) electrons. The topological polar surface area (TPSA) is 166 Å². The lowest BCUT2D eigenvalue weighted by Crippen LogP contribution is -2.60. The molecule has 2 heterocycles. The van der Waals surface area contributed by atoms with Gasteiger partial charge in [-0.25, -0.2) is 0 Å². The van der Waals surface area contributed by atoms with Gasteiger partial charge in [0.1, 0.15) is 41.7 Å². The minimum atomic E-state index is -1.69. The van der Waals surface area contributed by atoms with Crippen molar-refractivity contribution >= 4 is 22.5 Å². The third-order valence-electron chi connectivity index (χ3n) is 8.81. The van der Waals surface area contributed by atoms with E-state index in [0.717, 1.165) is 31.2 Å². The molecule has 11 heteroatoms. The molecule has 0 unspecified atom stereocenters. The molecule has 228 valence electrons. The standard InChI is InChI=1S/C32H35NO10/c1-41-19-10-18-11-21(16-6-2-3-7-16)26(22(35)14-33-13-17-8-4-5-9-20(17)31(33)40)28(37)25(18)23(12-19)42-32-30(39)29(38)27(36)24(15-34)43-32/h4-5,8-12,16,24,27,29-30,32,34,36-39H,2-3,6-7,13-15H2,1H3/t24-,27-,29+,30-,32-/m1/s1. The van der Waals surface area contributed by atoms with Crippen LogP contribution in [0.2, 0.25) is 0 Å². The zero-order valence-corrected chi connectivity index (χ0v) is 23.7. The number of aliphatic hydroxyl groups is 4. The van der Waals surface area contributed by atoms with Gasteiger partial charge in [0.15, 0.2) is 5.78 Å². The molecule has 1 saturated heterocycles. The highest BCUT2D eigenvalue weighted by atomic mass is 16.7. The third-order valence-corrected chi connectivity index (χ3v) is 8.81. The second-order valence-electron chi connectivity index (χ2n) is 11.5. The molecule has 1 aliphatic carbocycles. The fourth-order valence-corrected chi connectivity index (χ4v) is 6.53. The highest BCUT2D eigenvalue weighted by Crippen LogP contribution is 2.46. The Kier molecular flexibility index (Phi) is 8.01. The minimum Gasteiger partial charge on any atom is -0.506 e. The molecule has 5 atom stereocenters. The monoisotopic (exact) mass is 593 g/mol. The number of amides is 1. The molecule has 2 aliphatic heterocycles. The first-order valence-corrected chi connectivity index (χ1v) is 14.5. The first-order chi connectivity index (χ1) is 20.7. The highest BCUT2D eigenvalue weighted by molar-refractivity contribution is 6.10. The summed E-state index contributed by atoms with van der Waals surface area (Å²) in [5, 5.41) is 53.2. The van der Waals surface area contributed by atoms with Gasteiger partial charge in [0.2, 0.25) is 6.29 Å². The van der Waals surface area contributed by atoms with Crippen LogP contribution >= 0.6 is 0 Å². The van der Waals surface area contributed by atoms with Gasteiger partial charge in [-0.2, -0.15) is 0 Å². The van der Waals surface area contributed by atoms with Crippen molar-refractivity contribution in [2.45, 2.75) is 68.9 Å². The van der Waals surface area contributed by atoms with E-state index in [-0.39, 0.29) is 47.4 Å². The smallest absolute Gasteiger partial charge is 0.254 e. The Labute approximate surface area is 247 Å². The highest BCUT2D eigenvalue weighted by Gasteiger charge is 2.45. The van der Waals surface area contributed by atoms with Gasteiger partial charge in [-0.05, 0) is 53.5 Å². The SMILES string of the molecule is COc1cc(O[C@@H]2O[C@H](CO)[C@@H](O)[C@H](O)[C@H]2O)c2c(O)c(C(=O)CN3Cc4ccccc4C3=O)c(C3CCCC3)cc2c1. The van der Waals surface area contributed by atoms with E-state index in [0.29, 0.717) is 22.3 Å². The van der Waals surface area contributed by atoms with Gasteiger partial charge < -0.3 is 44.6 Å². The van der Waals surface area contributed by atoms with Gasteiger partial charge in [0.25, 0.3) is 5.91 Å². The van der Waals surface area contributed by atoms with Crippen LogP contribution in [-0.2, 0) is 11.3 Å². The molecular weight excluding hydrogens is 558 g/mol. The van der Waals surface area contributed by atoms with Gasteiger partial charge in [-0.1, -0.05) is 31.0 Å². The fourth-order valence-electron chi connectivity index (χ4n) is 6.53. The van der Waals surface area contributed by atoms with Crippen LogP contribution in [0.1, 0.15) is 63.4 Å². The largest absolute Gasteiger partial charge is 0.506 e. The van der Waals surface area contributed by atoms with Crippen LogP contribution in [0.4, 0.5) is 0 Å².